The topological polar surface area (TPSA) is 97.6 Å². The minimum Gasteiger partial charge on any atom is -0.493 e. The Hall–Kier alpha value is -3.73. The molecule has 0 fully saturated rings. The zero-order valence-electron chi connectivity index (χ0n) is 19.8. The summed E-state index contributed by atoms with van der Waals surface area (Å²) in [5.41, 5.74) is 1.55. The number of nitrogens with one attached hydrogen (secondary N) is 2. The number of carbonyl (C=O) groups excluding carboxylic acids is 1. The first-order valence-electron chi connectivity index (χ1n) is 11.4. The SMILES string of the molecule is COc1ccc(C2CC(C(F)(F)F)n3nc(-c4ccccc4C(=O)NCCCO)cc3N2)cc1OC. The van der Waals surface area contributed by atoms with Crippen molar-refractivity contribution in [2.45, 2.75) is 31.1 Å². The van der Waals surface area contributed by atoms with Crippen molar-refractivity contribution in [1.82, 2.24) is 15.1 Å². The van der Waals surface area contributed by atoms with E-state index in [0.29, 0.717) is 29.0 Å². The fourth-order valence-electron chi connectivity index (χ4n) is 4.27. The van der Waals surface area contributed by atoms with E-state index in [1.165, 1.54) is 20.3 Å². The summed E-state index contributed by atoms with van der Waals surface area (Å²) in [6, 6.07) is 10.6. The summed E-state index contributed by atoms with van der Waals surface area (Å²) in [5.74, 6) is 0.689. The van der Waals surface area contributed by atoms with Gasteiger partial charge in [0.2, 0.25) is 0 Å². The maximum absolute atomic E-state index is 14.1. The Kier molecular flexibility index (Phi) is 7.39. The Bertz CT molecular complexity index is 1230. The third-order valence-corrected chi connectivity index (χ3v) is 6.07. The van der Waals surface area contributed by atoms with Crippen LogP contribution in [0.25, 0.3) is 11.3 Å². The molecule has 36 heavy (non-hydrogen) atoms. The fraction of sp³-hybridized carbons (Fsp3) is 0.360. The molecule has 192 valence electrons. The van der Waals surface area contributed by atoms with Crippen LogP contribution in [0.5, 0.6) is 11.5 Å². The van der Waals surface area contributed by atoms with Crippen LogP contribution in [0.3, 0.4) is 0 Å². The standard InChI is InChI=1S/C25H27F3N4O4/c1-35-20-9-8-15(12-21(20)36-2)18-13-22(25(26,27)28)32-23(30-18)14-19(31-32)16-6-3-4-7-17(16)24(34)29-10-5-11-33/h3-4,6-9,12,14,18,22,30,33H,5,10-11,13H2,1-2H3,(H,29,34). The number of aliphatic hydroxyl groups excluding tert-OH is 1. The Balaban J connectivity index is 1.71. The fourth-order valence-corrected chi connectivity index (χ4v) is 4.27. The van der Waals surface area contributed by atoms with Crippen LogP contribution in [-0.4, -0.2) is 54.3 Å². The van der Waals surface area contributed by atoms with E-state index in [-0.39, 0.29) is 36.6 Å². The van der Waals surface area contributed by atoms with E-state index in [9.17, 15) is 18.0 Å². The number of ether oxygens (including phenoxy) is 2. The normalized spacial score (nSPS) is 17.2. The predicted octanol–water partition coefficient (Wildman–Crippen LogP) is 4.34. The van der Waals surface area contributed by atoms with Crippen molar-refractivity contribution in [3.63, 3.8) is 0 Å². The number of alkyl halides is 3. The number of hydrogen-bond acceptors (Lipinski definition) is 6. The lowest BCUT2D eigenvalue weighted by Gasteiger charge is -2.33. The minimum atomic E-state index is -4.55. The summed E-state index contributed by atoms with van der Waals surface area (Å²) >= 11 is 0. The number of rotatable bonds is 8. The third-order valence-electron chi connectivity index (χ3n) is 6.07. The molecule has 2 heterocycles. The lowest BCUT2D eigenvalue weighted by Crippen LogP contribution is -2.35. The Morgan fingerprint density at radius 3 is 2.61 bits per heavy atom. The first-order chi connectivity index (χ1) is 17.3. The highest BCUT2D eigenvalue weighted by Gasteiger charge is 2.46. The summed E-state index contributed by atoms with van der Waals surface area (Å²) < 4.78 is 53.9. The number of anilines is 1. The molecule has 2 aromatic carbocycles. The summed E-state index contributed by atoms with van der Waals surface area (Å²) in [6.45, 7) is 0.204. The van der Waals surface area contributed by atoms with Crippen LogP contribution in [-0.2, 0) is 0 Å². The van der Waals surface area contributed by atoms with Gasteiger partial charge in [0.05, 0.1) is 26.0 Å². The molecule has 0 radical (unpaired) electrons. The molecule has 1 aromatic heterocycles. The summed E-state index contributed by atoms with van der Waals surface area (Å²) in [4.78, 5) is 12.7. The molecule has 8 nitrogen and oxygen atoms in total. The van der Waals surface area contributed by atoms with Crippen LogP contribution < -0.4 is 20.1 Å². The van der Waals surface area contributed by atoms with Gasteiger partial charge in [0.25, 0.3) is 5.91 Å². The number of nitrogens with zero attached hydrogens (tertiary/aromatic N) is 2. The predicted molar refractivity (Wildman–Crippen MR) is 127 cm³/mol. The number of benzene rings is 2. The maximum Gasteiger partial charge on any atom is 0.410 e. The van der Waals surface area contributed by atoms with Crippen molar-refractivity contribution in [2.24, 2.45) is 0 Å². The molecule has 0 aliphatic carbocycles. The molecule has 0 saturated heterocycles. The zero-order valence-corrected chi connectivity index (χ0v) is 19.8. The van der Waals surface area contributed by atoms with Crippen LogP contribution >= 0.6 is 0 Å². The molecule has 2 atom stereocenters. The second kappa shape index (κ2) is 10.5. The van der Waals surface area contributed by atoms with Gasteiger partial charge in [-0.15, -0.1) is 0 Å². The molecule has 3 N–H and O–H groups in total. The molecule has 1 aliphatic rings. The highest BCUT2D eigenvalue weighted by Crippen LogP contribution is 2.45. The number of aromatic nitrogens is 2. The van der Waals surface area contributed by atoms with Crippen LogP contribution in [0.1, 0.15) is 40.8 Å². The van der Waals surface area contributed by atoms with Crippen molar-refractivity contribution in [1.29, 1.82) is 0 Å². The Morgan fingerprint density at radius 2 is 1.92 bits per heavy atom. The number of carbonyl (C=O) groups is 1. The lowest BCUT2D eigenvalue weighted by atomic mass is 9.96. The van der Waals surface area contributed by atoms with E-state index in [1.807, 2.05) is 0 Å². The van der Waals surface area contributed by atoms with E-state index in [0.717, 1.165) is 4.68 Å². The van der Waals surface area contributed by atoms with Crippen molar-refractivity contribution in [3.8, 4) is 22.8 Å². The maximum atomic E-state index is 14.1. The number of methoxy groups -OCH3 is 2. The molecular formula is C25H27F3N4O4. The number of aliphatic hydroxyl groups is 1. The van der Waals surface area contributed by atoms with Crippen molar-refractivity contribution >= 4 is 11.7 Å². The Labute approximate surface area is 206 Å². The van der Waals surface area contributed by atoms with E-state index in [1.54, 1.807) is 42.5 Å². The van der Waals surface area contributed by atoms with Gasteiger partial charge in [-0.2, -0.15) is 18.3 Å². The van der Waals surface area contributed by atoms with E-state index >= 15 is 0 Å². The second-order valence-electron chi connectivity index (χ2n) is 8.34. The molecule has 11 heteroatoms. The van der Waals surface area contributed by atoms with E-state index in [4.69, 9.17) is 14.6 Å². The molecule has 1 amide bonds. The van der Waals surface area contributed by atoms with Gasteiger partial charge in [0.1, 0.15) is 5.82 Å². The largest absolute Gasteiger partial charge is 0.493 e. The molecule has 0 spiro atoms. The molecule has 1 aliphatic heterocycles. The van der Waals surface area contributed by atoms with Gasteiger partial charge in [-0.05, 0) is 30.2 Å². The molecule has 0 bridgehead atoms. The number of fused-ring (bicyclic) bond motifs is 1. The minimum absolute atomic E-state index is 0.0680. The second-order valence-corrected chi connectivity index (χ2v) is 8.34. The van der Waals surface area contributed by atoms with E-state index in [2.05, 4.69) is 15.7 Å². The lowest BCUT2D eigenvalue weighted by molar-refractivity contribution is -0.173. The average molecular weight is 505 g/mol. The number of hydrogen-bond donors (Lipinski definition) is 3. The zero-order chi connectivity index (χ0) is 25.9. The van der Waals surface area contributed by atoms with Gasteiger partial charge in [-0.3, -0.25) is 4.79 Å². The Morgan fingerprint density at radius 1 is 1.17 bits per heavy atom. The van der Waals surface area contributed by atoms with Gasteiger partial charge >= 0.3 is 6.18 Å². The van der Waals surface area contributed by atoms with Crippen LogP contribution in [0, 0.1) is 0 Å². The molecular weight excluding hydrogens is 477 g/mol. The monoisotopic (exact) mass is 504 g/mol. The summed E-state index contributed by atoms with van der Waals surface area (Å²) in [5, 5.41) is 19.1. The van der Waals surface area contributed by atoms with Crippen LogP contribution in [0.15, 0.2) is 48.5 Å². The van der Waals surface area contributed by atoms with Gasteiger partial charge in [0.15, 0.2) is 17.5 Å². The summed E-state index contributed by atoms with van der Waals surface area (Å²) in [7, 11) is 2.95. The van der Waals surface area contributed by atoms with E-state index < -0.39 is 24.2 Å². The molecule has 0 saturated carbocycles. The van der Waals surface area contributed by atoms with Crippen molar-refractivity contribution in [3.05, 3.63) is 59.7 Å². The number of amides is 1. The average Bonchev–Trinajstić information content (AvgIpc) is 3.31. The first-order valence-corrected chi connectivity index (χ1v) is 11.4. The summed E-state index contributed by atoms with van der Waals surface area (Å²) in [6.07, 6.45) is -4.44. The van der Waals surface area contributed by atoms with Crippen molar-refractivity contribution < 1.29 is 32.5 Å². The van der Waals surface area contributed by atoms with Gasteiger partial charge in [-0.25, -0.2) is 4.68 Å². The van der Waals surface area contributed by atoms with Crippen LogP contribution in [0.4, 0.5) is 19.0 Å². The quantitative estimate of drug-likeness (QED) is 0.395. The van der Waals surface area contributed by atoms with Gasteiger partial charge in [0, 0.05) is 36.8 Å². The van der Waals surface area contributed by atoms with Crippen LogP contribution in [0.2, 0.25) is 0 Å². The highest BCUT2D eigenvalue weighted by molar-refractivity contribution is 6.00. The first kappa shape index (κ1) is 25.4. The van der Waals surface area contributed by atoms with Crippen molar-refractivity contribution in [2.75, 3.05) is 32.7 Å². The smallest absolute Gasteiger partial charge is 0.410 e. The molecule has 2 unspecified atom stereocenters. The molecule has 4 rings (SSSR count). The highest BCUT2D eigenvalue weighted by atomic mass is 19.4. The molecule has 3 aromatic rings. The number of halogens is 3. The van der Waals surface area contributed by atoms with Gasteiger partial charge in [-0.1, -0.05) is 24.3 Å². The van der Waals surface area contributed by atoms with Gasteiger partial charge < -0.3 is 25.2 Å². The third kappa shape index (κ3) is 5.11.